The van der Waals surface area contributed by atoms with E-state index in [0.29, 0.717) is 0 Å². The molecule has 0 N–H and O–H groups in total. The van der Waals surface area contributed by atoms with Crippen LogP contribution in [0.2, 0.25) is 0 Å². The average Bonchev–Trinajstić information content (AvgIpc) is 2.12. The highest BCUT2D eigenvalue weighted by molar-refractivity contribution is 9.10. The number of thioether (sulfide) groups is 1. The summed E-state index contributed by atoms with van der Waals surface area (Å²) in [7, 11) is 0. The molecule has 0 fully saturated rings. The zero-order valence-corrected chi connectivity index (χ0v) is 10.5. The number of hydrogen-bond acceptors (Lipinski definition) is 2. The van der Waals surface area contributed by atoms with E-state index in [9.17, 15) is 0 Å². The van der Waals surface area contributed by atoms with E-state index in [4.69, 9.17) is 11.6 Å². The molecule has 1 rings (SSSR count). The van der Waals surface area contributed by atoms with Crippen molar-refractivity contribution >= 4 is 39.3 Å². The van der Waals surface area contributed by atoms with Gasteiger partial charge in [-0.3, -0.25) is 0 Å². The molecule has 0 aliphatic carbocycles. The summed E-state index contributed by atoms with van der Waals surface area (Å²) in [5.74, 6) is 1.76. The number of halogens is 2. The van der Waals surface area contributed by atoms with Gasteiger partial charge in [0, 0.05) is 16.1 Å². The lowest BCUT2D eigenvalue weighted by Gasteiger charge is -2.01. The largest absolute Gasteiger partial charge is 0.246 e. The van der Waals surface area contributed by atoms with Crippen molar-refractivity contribution in [2.24, 2.45) is 0 Å². The van der Waals surface area contributed by atoms with Crippen LogP contribution in [0, 0.1) is 6.92 Å². The van der Waals surface area contributed by atoms with Gasteiger partial charge in [0.15, 0.2) is 0 Å². The Morgan fingerprint density at radius 3 is 2.92 bits per heavy atom. The van der Waals surface area contributed by atoms with Crippen molar-refractivity contribution in [3.8, 4) is 0 Å². The van der Waals surface area contributed by atoms with Gasteiger partial charge in [0.05, 0.1) is 10.7 Å². The standard InChI is InChI=1S/C9H11BrClNS/c1-7-8(10)3-4-9(12-7)13-6-2-5-11/h3-4H,2,5-6H2,1H3. The third kappa shape index (κ3) is 3.88. The number of alkyl halides is 1. The SMILES string of the molecule is Cc1nc(SCCCCl)ccc1Br. The van der Waals surface area contributed by atoms with Gasteiger partial charge >= 0.3 is 0 Å². The third-order valence-corrected chi connectivity index (χ3v) is 3.65. The number of rotatable bonds is 4. The van der Waals surface area contributed by atoms with E-state index in [1.165, 1.54) is 0 Å². The summed E-state index contributed by atoms with van der Waals surface area (Å²) in [6.07, 6.45) is 1.03. The molecule has 0 aromatic carbocycles. The van der Waals surface area contributed by atoms with Gasteiger partial charge in [-0.15, -0.1) is 23.4 Å². The minimum Gasteiger partial charge on any atom is -0.246 e. The van der Waals surface area contributed by atoms with Crippen LogP contribution in [0.3, 0.4) is 0 Å². The third-order valence-electron chi connectivity index (χ3n) is 1.52. The lowest BCUT2D eigenvalue weighted by Crippen LogP contribution is -1.87. The topological polar surface area (TPSA) is 12.9 Å². The smallest absolute Gasteiger partial charge is 0.0963 e. The lowest BCUT2D eigenvalue weighted by molar-refractivity contribution is 1.04. The van der Waals surface area contributed by atoms with E-state index in [0.717, 1.165) is 33.2 Å². The van der Waals surface area contributed by atoms with Crippen molar-refractivity contribution in [1.29, 1.82) is 0 Å². The summed E-state index contributed by atoms with van der Waals surface area (Å²) < 4.78 is 1.06. The molecule has 1 heterocycles. The average molecular weight is 281 g/mol. The Kier molecular flexibility index (Phi) is 5.14. The summed E-state index contributed by atoms with van der Waals surface area (Å²) in [6, 6.07) is 4.06. The molecule has 1 aromatic heterocycles. The molecule has 0 aliphatic rings. The van der Waals surface area contributed by atoms with Crippen molar-refractivity contribution < 1.29 is 0 Å². The summed E-state index contributed by atoms with van der Waals surface area (Å²) in [5.41, 5.74) is 1.04. The van der Waals surface area contributed by atoms with Crippen LogP contribution in [0.25, 0.3) is 0 Å². The molecule has 1 nitrogen and oxygen atoms in total. The second-order valence-electron chi connectivity index (χ2n) is 2.61. The molecule has 0 radical (unpaired) electrons. The van der Waals surface area contributed by atoms with Crippen LogP contribution in [-0.4, -0.2) is 16.6 Å². The fourth-order valence-electron chi connectivity index (χ4n) is 0.833. The molecule has 4 heteroatoms. The molecule has 13 heavy (non-hydrogen) atoms. The second kappa shape index (κ2) is 5.89. The molecule has 0 spiro atoms. The summed E-state index contributed by atoms with van der Waals surface area (Å²) >= 11 is 10.8. The first-order valence-electron chi connectivity index (χ1n) is 4.06. The van der Waals surface area contributed by atoms with Crippen LogP contribution < -0.4 is 0 Å². The monoisotopic (exact) mass is 279 g/mol. The molecule has 72 valence electrons. The van der Waals surface area contributed by atoms with Crippen LogP contribution in [0.4, 0.5) is 0 Å². The molecule has 0 bridgehead atoms. The quantitative estimate of drug-likeness (QED) is 0.472. The van der Waals surface area contributed by atoms with Crippen molar-refractivity contribution in [1.82, 2.24) is 4.98 Å². The molecular weight excluding hydrogens is 270 g/mol. The van der Waals surface area contributed by atoms with Gasteiger partial charge in [-0.25, -0.2) is 4.98 Å². The summed E-state index contributed by atoms with van der Waals surface area (Å²) in [4.78, 5) is 4.42. The Morgan fingerprint density at radius 1 is 1.54 bits per heavy atom. The molecule has 0 aliphatic heterocycles. The summed E-state index contributed by atoms with van der Waals surface area (Å²) in [5, 5.41) is 1.07. The van der Waals surface area contributed by atoms with Crippen molar-refractivity contribution in [3.63, 3.8) is 0 Å². The van der Waals surface area contributed by atoms with Gasteiger partial charge in [-0.1, -0.05) is 0 Å². The normalized spacial score (nSPS) is 10.4. The number of aryl methyl sites for hydroxylation is 1. The number of nitrogens with zero attached hydrogens (tertiary/aromatic N) is 1. The Hall–Kier alpha value is 0.270. The predicted molar refractivity (Wildman–Crippen MR) is 62.7 cm³/mol. The van der Waals surface area contributed by atoms with Gasteiger partial charge in [-0.2, -0.15) is 0 Å². The van der Waals surface area contributed by atoms with Gasteiger partial charge in [0.1, 0.15) is 0 Å². The first kappa shape index (κ1) is 11.3. The highest BCUT2D eigenvalue weighted by atomic mass is 79.9. The van der Waals surface area contributed by atoms with Gasteiger partial charge < -0.3 is 0 Å². The molecule has 0 atom stereocenters. The Balaban J connectivity index is 2.53. The number of hydrogen-bond donors (Lipinski definition) is 0. The summed E-state index contributed by atoms with van der Waals surface area (Å²) in [6.45, 7) is 2.00. The first-order chi connectivity index (χ1) is 6.24. The molecule has 0 amide bonds. The Labute approximate surface area is 96.4 Å². The zero-order chi connectivity index (χ0) is 9.68. The van der Waals surface area contributed by atoms with Crippen LogP contribution in [-0.2, 0) is 0 Å². The molecule has 1 aromatic rings. The highest BCUT2D eigenvalue weighted by Crippen LogP contribution is 2.21. The van der Waals surface area contributed by atoms with Crippen molar-refractivity contribution in [3.05, 3.63) is 22.3 Å². The van der Waals surface area contributed by atoms with E-state index in [1.54, 1.807) is 11.8 Å². The van der Waals surface area contributed by atoms with E-state index in [-0.39, 0.29) is 0 Å². The number of pyridine rings is 1. The molecule has 0 saturated carbocycles. The van der Waals surface area contributed by atoms with E-state index in [2.05, 4.69) is 20.9 Å². The van der Waals surface area contributed by atoms with Gasteiger partial charge in [0.2, 0.25) is 0 Å². The van der Waals surface area contributed by atoms with Gasteiger partial charge in [-0.05, 0) is 41.4 Å². The maximum atomic E-state index is 5.58. The fraction of sp³-hybridized carbons (Fsp3) is 0.444. The van der Waals surface area contributed by atoms with Crippen LogP contribution in [0.1, 0.15) is 12.1 Å². The van der Waals surface area contributed by atoms with E-state index >= 15 is 0 Å². The molecular formula is C9H11BrClNS. The van der Waals surface area contributed by atoms with Crippen LogP contribution >= 0.6 is 39.3 Å². The minimum atomic E-state index is 0.725. The first-order valence-corrected chi connectivity index (χ1v) is 6.37. The zero-order valence-electron chi connectivity index (χ0n) is 7.39. The van der Waals surface area contributed by atoms with Crippen molar-refractivity contribution in [2.75, 3.05) is 11.6 Å². The van der Waals surface area contributed by atoms with Gasteiger partial charge in [0.25, 0.3) is 0 Å². The lowest BCUT2D eigenvalue weighted by atomic mass is 10.4. The molecule has 0 saturated heterocycles. The Bertz CT molecular complexity index is 280. The number of aromatic nitrogens is 1. The second-order valence-corrected chi connectivity index (χ2v) is 4.96. The van der Waals surface area contributed by atoms with Crippen molar-refractivity contribution in [2.45, 2.75) is 18.4 Å². The van der Waals surface area contributed by atoms with E-state index < -0.39 is 0 Å². The highest BCUT2D eigenvalue weighted by Gasteiger charge is 1.99. The fourth-order valence-corrected chi connectivity index (χ4v) is 2.21. The molecule has 0 unspecified atom stereocenters. The Morgan fingerprint density at radius 2 is 2.31 bits per heavy atom. The minimum absolute atomic E-state index is 0.725. The maximum absolute atomic E-state index is 5.58. The van der Waals surface area contributed by atoms with Crippen LogP contribution in [0.15, 0.2) is 21.6 Å². The van der Waals surface area contributed by atoms with Crippen LogP contribution in [0.5, 0.6) is 0 Å². The predicted octanol–water partition coefficient (Wildman–Crippen LogP) is 3.87. The maximum Gasteiger partial charge on any atom is 0.0963 e. The van der Waals surface area contributed by atoms with E-state index in [1.807, 2.05) is 19.1 Å².